The molecule has 182 valence electrons. The summed E-state index contributed by atoms with van der Waals surface area (Å²) in [6.07, 6.45) is 3.11. The fraction of sp³-hybridized carbons (Fsp3) is 0.143. The summed E-state index contributed by atoms with van der Waals surface area (Å²) in [6.45, 7) is 0.259. The number of pyridine rings is 1. The predicted molar refractivity (Wildman–Crippen MR) is 140 cm³/mol. The van der Waals surface area contributed by atoms with Gasteiger partial charge in [-0.25, -0.2) is 0 Å². The second kappa shape index (κ2) is 11.4. The van der Waals surface area contributed by atoms with Crippen molar-refractivity contribution in [2.75, 3.05) is 18.5 Å². The lowest BCUT2D eigenvalue weighted by Crippen LogP contribution is -2.33. The maximum Gasteiger partial charge on any atom is 0.305 e. The zero-order chi connectivity index (χ0) is 25.5. The highest BCUT2D eigenvalue weighted by Gasteiger charge is 2.24. The normalized spacial score (nSPS) is 10.6. The van der Waals surface area contributed by atoms with E-state index in [1.807, 2.05) is 47.8 Å². The number of carboxylic acids is 1. The molecule has 0 spiro atoms. The first-order chi connectivity index (χ1) is 17.5. The van der Waals surface area contributed by atoms with Crippen LogP contribution >= 0.6 is 11.3 Å². The molecule has 0 aliphatic heterocycles. The molecule has 8 heteroatoms. The molecule has 4 aromatic rings. The summed E-state index contributed by atoms with van der Waals surface area (Å²) in [5.41, 5.74) is 2.90. The molecule has 0 bridgehead atoms. The van der Waals surface area contributed by atoms with E-state index >= 15 is 0 Å². The Balaban J connectivity index is 1.72. The third-order valence-electron chi connectivity index (χ3n) is 5.73. The van der Waals surface area contributed by atoms with Gasteiger partial charge < -0.3 is 14.9 Å². The van der Waals surface area contributed by atoms with Crippen molar-refractivity contribution in [3.63, 3.8) is 0 Å². The van der Waals surface area contributed by atoms with E-state index in [1.54, 1.807) is 54.7 Å². The number of thiophene rings is 1. The molecular weight excluding hydrogens is 474 g/mol. The first-order valence-corrected chi connectivity index (χ1v) is 12.2. The Morgan fingerprint density at radius 1 is 0.861 bits per heavy atom. The Kier molecular flexibility index (Phi) is 7.87. The molecule has 0 unspecified atom stereocenters. The van der Waals surface area contributed by atoms with E-state index in [9.17, 15) is 19.5 Å². The Labute approximate surface area is 213 Å². The van der Waals surface area contributed by atoms with Crippen LogP contribution in [0.3, 0.4) is 0 Å². The molecule has 2 aromatic carbocycles. The summed E-state index contributed by atoms with van der Waals surface area (Å²) in [5, 5.41) is 12.0. The van der Waals surface area contributed by atoms with Gasteiger partial charge in [0, 0.05) is 43.7 Å². The smallest absolute Gasteiger partial charge is 0.305 e. The van der Waals surface area contributed by atoms with Crippen LogP contribution in [0.15, 0.2) is 90.6 Å². The van der Waals surface area contributed by atoms with Gasteiger partial charge in [0.15, 0.2) is 0 Å². The highest BCUT2D eigenvalue weighted by atomic mass is 32.1. The number of carboxylic acid groups (broad SMARTS) is 1. The van der Waals surface area contributed by atoms with Gasteiger partial charge in [-0.05, 0) is 52.4 Å². The van der Waals surface area contributed by atoms with Crippen molar-refractivity contribution in [2.24, 2.45) is 0 Å². The Morgan fingerprint density at radius 2 is 1.53 bits per heavy atom. The van der Waals surface area contributed by atoms with Gasteiger partial charge >= 0.3 is 5.97 Å². The van der Waals surface area contributed by atoms with Gasteiger partial charge in [-0.1, -0.05) is 42.5 Å². The number of carbonyl (C=O) groups excluding carboxylic acids is 2. The Hall–Kier alpha value is -4.30. The van der Waals surface area contributed by atoms with E-state index in [2.05, 4.69) is 4.98 Å². The molecule has 0 saturated heterocycles. The molecule has 0 aliphatic carbocycles. The lowest BCUT2D eigenvalue weighted by atomic mass is 9.94. The van der Waals surface area contributed by atoms with Gasteiger partial charge in [0.1, 0.15) is 0 Å². The minimum absolute atomic E-state index is 0.0408. The molecule has 0 saturated carbocycles. The number of aromatic nitrogens is 1. The number of aliphatic carboxylic acids is 1. The maximum atomic E-state index is 13.8. The highest BCUT2D eigenvalue weighted by Crippen LogP contribution is 2.31. The molecule has 2 heterocycles. The monoisotopic (exact) mass is 499 g/mol. The van der Waals surface area contributed by atoms with Gasteiger partial charge in [-0.3, -0.25) is 19.4 Å². The van der Waals surface area contributed by atoms with Crippen LogP contribution in [0, 0.1) is 0 Å². The molecule has 2 amide bonds. The van der Waals surface area contributed by atoms with E-state index in [-0.39, 0.29) is 31.3 Å². The number of nitrogens with zero attached hydrogens (tertiary/aromatic N) is 3. The van der Waals surface area contributed by atoms with Gasteiger partial charge in [0.05, 0.1) is 11.4 Å². The molecule has 36 heavy (non-hydrogen) atoms. The zero-order valence-electron chi connectivity index (χ0n) is 19.7. The van der Waals surface area contributed by atoms with Crippen molar-refractivity contribution in [3.05, 3.63) is 107 Å². The summed E-state index contributed by atoms with van der Waals surface area (Å²) in [6, 6.07) is 21.7. The van der Waals surface area contributed by atoms with Crippen LogP contribution in [0.1, 0.15) is 32.7 Å². The van der Waals surface area contributed by atoms with Gasteiger partial charge in [0.2, 0.25) is 0 Å². The maximum absolute atomic E-state index is 13.8. The molecular formula is C28H25N3O4S. The van der Waals surface area contributed by atoms with Crippen molar-refractivity contribution < 1.29 is 19.5 Å². The number of amides is 2. The Bertz CT molecular complexity index is 1360. The van der Waals surface area contributed by atoms with Crippen LogP contribution in [0.4, 0.5) is 5.00 Å². The van der Waals surface area contributed by atoms with E-state index < -0.39 is 5.97 Å². The van der Waals surface area contributed by atoms with Crippen LogP contribution < -0.4 is 4.90 Å². The molecule has 0 fully saturated rings. The lowest BCUT2D eigenvalue weighted by Gasteiger charge is -2.24. The van der Waals surface area contributed by atoms with Gasteiger partial charge in [-0.2, -0.15) is 0 Å². The molecule has 4 rings (SSSR count). The van der Waals surface area contributed by atoms with E-state index in [4.69, 9.17) is 0 Å². The topological polar surface area (TPSA) is 90.8 Å². The van der Waals surface area contributed by atoms with Crippen molar-refractivity contribution in [2.45, 2.75) is 13.0 Å². The number of anilines is 1. The summed E-state index contributed by atoms with van der Waals surface area (Å²) in [7, 11) is 1.73. The zero-order valence-corrected chi connectivity index (χ0v) is 20.5. The van der Waals surface area contributed by atoms with Crippen LogP contribution in [-0.4, -0.2) is 46.4 Å². The third-order valence-corrected chi connectivity index (χ3v) is 6.67. The van der Waals surface area contributed by atoms with E-state index in [0.717, 1.165) is 10.6 Å². The standard InChI is InChI=1S/C28H25N3O4S/c1-30(25-13-7-17-36-25)27(34)23-11-4-2-9-21(23)22-10-3-5-12-24(22)28(35)31(16-14-26(32)33)19-20-8-6-15-29-18-20/h2-13,15,17-18H,14,16,19H2,1H3,(H,32,33). The summed E-state index contributed by atoms with van der Waals surface area (Å²) >= 11 is 1.47. The summed E-state index contributed by atoms with van der Waals surface area (Å²) < 4.78 is 0. The fourth-order valence-electron chi connectivity index (χ4n) is 3.92. The summed E-state index contributed by atoms with van der Waals surface area (Å²) in [4.78, 5) is 45.7. The third kappa shape index (κ3) is 5.67. The molecule has 0 radical (unpaired) electrons. The van der Waals surface area contributed by atoms with Crippen molar-refractivity contribution in [1.29, 1.82) is 0 Å². The number of carbonyl (C=O) groups is 3. The molecule has 0 aliphatic rings. The first-order valence-electron chi connectivity index (χ1n) is 11.4. The van der Waals surface area contributed by atoms with Crippen molar-refractivity contribution >= 4 is 34.1 Å². The summed E-state index contributed by atoms with van der Waals surface area (Å²) in [5.74, 6) is -1.49. The van der Waals surface area contributed by atoms with Crippen LogP contribution in [0.25, 0.3) is 11.1 Å². The van der Waals surface area contributed by atoms with Crippen LogP contribution in [0.2, 0.25) is 0 Å². The van der Waals surface area contributed by atoms with Crippen LogP contribution in [-0.2, 0) is 11.3 Å². The van der Waals surface area contributed by atoms with Gasteiger partial charge in [0.25, 0.3) is 11.8 Å². The molecule has 1 N–H and O–H groups in total. The quantitative estimate of drug-likeness (QED) is 0.342. The lowest BCUT2D eigenvalue weighted by molar-refractivity contribution is -0.137. The largest absolute Gasteiger partial charge is 0.481 e. The highest BCUT2D eigenvalue weighted by molar-refractivity contribution is 7.14. The number of rotatable bonds is 9. The number of hydrogen-bond donors (Lipinski definition) is 1. The SMILES string of the molecule is CN(C(=O)c1ccccc1-c1ccccc1C(=O)N(CCC(=O)O)Cc1cccnc1)c1cccs1. The second-order valence-corrected chi connectivity index (χ2v) is 9.06. The predicted octanol–water partition coefficient (Wildman–Crippen LogP) is 5.20. The minimum Gasteiger partial charge on any atom is -0.481 e. The number of hydrogen-bond acceptors (Lipinski definition) is 5. The minimum atomic E-state index is -0.986. The molecule has 2 aromatic heterocycles. The van der Waals surface area contributed by atoms with Crippen LogP contribution in [0.5, 0.6) is 0 Å². The fourth-order valence-corrected chi connectivity index (χ4v) is 4.61. The second-order valence-electron chi connectivity index (χ2n) is 8.14. The molecule has 7 nitrogen and oxygen atoms in total. The average molecular weight is 500 g/mol. The average Bonchev–Trinajstić information content (AvgIpc) is 3.45. The number of benzene rings is 2. The van der Waals surface area contributed by atoms with Crippen molar-refractivity contribution in [3.8, 4) is 11.1 Å². The van der Waals surface area contributed by atoms with Crippen molar-refractivity contribution in [1.82, 2.24) is 9.88 Å². The van der Waals surface area contributed by atoms with E-state index in [0.29, 0.717) is 22.3 Å². The Morgan fingerprint density at radius 3 is 2.11 bits per heavy atom. The van der Waals surface area contributed by atoms with Gasteiger partial charge in [-0.15, -0.1) is 11.3 Å². The molecule has 0 atom stereocenters. The van der Waals surface area contributed by atoms with E-state index in [1.165, 1.54) is 16.2 Å². The first kappa shape index (κ1) is 24.8.